The highest BCUT2D eigenvalue weighted by atomic mass is 32.1. The first-order valence-corrected chi connectivity index (χ1v) is 5.77. The molecule has 0 atom stereocenters. The number of H-pyrrole nitrogens is 1. The molecule has 0 spiro atoms. The first-order chi connectivity index (χ1) is 8.24. The molecule has 0 aromatic carbocycles. The minimum Gasteiger partial charge on any atom is -0.481 e. The normalized spacial score (nSPS) is 11.1. The van der Waals surface area contributed by atoms with E-state index in [0.717, 1.165) is 10.6 Å². The van der Waals surface area contributed by atoms with Crippen molar-refractivity contribution in [3.63, 3.8) is 0 Å². The largest absolute Gasteiger partial charge is 0.481 e. The maximum absolute atomic E-state index is 10.7. The van der Waals surface area contributed by atoms with E-state index in [9.17, 15) is 4.79 Å². The topological polar surface area (TPSA) is 83.3 Å². The number of thiazole rings is 1. The highest BCUT2D eigenvalue weighted by molar-refractivity contribution is 7.13. The van der Waals surface area contributed by atoms with Crippen molar-refractivity contribution >= 4 is 23.1 Å². The lowest BCUT2D eigenvalue weighted by Gasteiger charge is -1.92. The van der Waals surface area contributed by atoms with Crippen LogP contribution in [0.4, 0.5) is 0 Å². The molecule has 0 fully saturated rings. The third-order valence-corrected chi connectivity index (χ3v) is 3.21. The summed E-state index contributed by atoms with van der Waals surface area (Å²) in [5.41, 5.74) is 3.29. The van der Waals surface area contributed by atoms with E-state index in [2.05, 4.69) is 15.0 Å². The Kier molecular flexibility index (Phi) is 2.19. The average Bonchev–Trinajstić information content (AvgIpc) is 2.93. The number of aromatic amines is 1. The summed E-state index contributed by atoms with van der Waals surface area (Å²) in [7, 11) is 0. The lowest BCUT2D eigenvalue weighted by Crippen LogP contribution is -2.02. The zero-order valence-electron chi connectivity index (χ0n) is 8.62. The van der Waals surface area contributed by atoms with E-state index in [0.29, 0.717) is 11.5 Å². The molecule has 0 saturated carbocycles. The Morgan fingerprint density at radius 3 is 3.12 bits per heavy atom. The Hall–Kier alpha value is -2.15. The molecule has 3 aromatic heterocycles. The molecule has 86 valence electrons. The zero-order chi connectivity index (χ0) is 11.8. The SMILES string of the molecule is O=C(O)Cc1cnc2[nH]c(-c3cncs3)cn12. The number of carboxylic acids is 1. The predicted octanol–water partition coefficient (Wildman–Crippen LogP) is 1.41. The zero-order valence-corrected chi connectivity index (χ0v) is 9.44. The Labute approximate surface area is 99.6 Å². The number of aliphatic carboxylic acids is 1. The molecule has 3 aromatic rings. The number of fused-ring (bicyclic) bond motifs is 1. The van der Waals surface area contributed by atoms with Gasteiger partial charge in [-0.25, -0.2) is 4.98 Å². The van der Waals surface area contributed by atoms with E-state index in [1.807, 2.05) is 6.20 Å². The number of imidazole rings is 2. The molecule has 0 aliphatic carbocycles. The molecule has 0 aliphatic rings. The molecule has 6 nitrogen and oxygen atoms in total. The van der Waals surface area contributed by atoms with Gasteiger partial charge in [-0.2, -0.15) is 0 Å². The minimum absolute atomic E-state index is 0.0405. The van der Waals surface area contributed by atoms with E-state index >= 15 is 0 Å². The minimum atomic E-state index is -0.868. The number of nitrogens with one attached hydrogen (secondary N) is 1. The van der Waals surface area contributed by atoms with Crippen LogP contribution in [0, 0.1) is 0 Å². The number of aromatic nitrogens is 4. The van der Waals surface area contributed by atoms with E-state index in [4.69, 9.17) is 5.11 Å². The number of nitrogens with zero attached hydrogens (tertiary/aromatic N) is 3. The van der Waals surface area contributed by atoms with Crippen LogP contribution >= 0.6 is 11.3 Å². The quantitative estimate of drug-likeness (QED) is 0.734. The van der Waals surface area contributed by atoms with Crippen molar-refractivity contribution in [1.29, 1.82) is 0 Å². The number of rotatable bonds is 3. The summed E-state index contributed by atoms with van der Waals surface area (Å²) in [6.45, 7) is 0. The van der Waals surface area contributed by atoms with Gasteiger partial charge in [0.1, 0.15) is 0 Å². The molecule has 0 unspecified atom stereocenters. The van der Waals surface area contributed by atoms with Crippen molar-refractivity contribution in [2.75, 3.05) is 0 Å². The van der Waals surface area contributed by atoms with Crippen molar-refractivity contribution in [2.24, 2.45) is 0 Å². The molecule has 0 aliphatic heterocycles. The van der Waals surface area contributed by atoms with Gasteiger partial charge in [-0.15, -0.1) is 11.3 Å². The van der Waals surface area contributed by atoms with E-state index in [1.54, 1.807) is 22.3 Å². The molecule has 0 amide bonds. The van der Waals surface area contributed by atoms with E-state index < -0.39 is 5.97 Å². The molecular weight excluding hydrogens is 240 g/mol. The lowest BCUT2D eigenvalue weighted by molar-refractivity contribution is -0.136. The van der Waals surface area contributed by atoms with Gasteiger partial charge in [0.15, 0.2) is 0 Å². The van der Waals surface area contributed by atoms with Gasteiger partial charge in [-0.05, 0) is 0 Å². The third kappa shape index (κ3) is 1.70. The molecule has 0 radical (unpaired) electrons. The predicted molar refractivity (Wildman–Crippen MR) is 62.0 cm³/mol. The summed E-state index contributed by atoms with van der Waals surface area (Å²) in [5, 5.41) is 8.78. The summed E-state index contributed by atoms with van der Waals surface area (Å²) in [6.07, 6.45) is 5.12. The van der Waals surface area contributed by atoms with Gasteiger partial charge in [-0.3, -0.25) is 14.2 Å². The lowest BCUT2D eigenvalue weighted by atomic mass is 10.3. The Morgan fingerprint density at radius 2 is 2.41 bits per heavy atom. The molecule has 0 bridgehead atoms. The summed E-state index contributed by atoms with van der Waals surface area (Å²) < 4.78 is 1.75. The van der Waals surface area contributed by atoms with Gasteiger partial charge in [0.05, 0.1) is 34.4 Å². The Balaban J connectivity index is 2.08. The molecule has 0 saturated heterocycles. The van der Waals surface area contributed by atoms with Gasteiger partial charge < -0.3 is 10.1 Å². The van der Waals surface area contributed by atoms with Crippen LogP contribution in [0.5, 0.6) is 0 Å². The molecule has 2 N–H and O–H groups in total. The molecule has 3 rings (SSSR count). The van der Waals surface area contributed by atoms with E-state index in [1.165, 1.54) is 11.3 Å². The standard InChI is InChI=1S/C10H8N4O2S/c15-9(16)1-6-2-12-10-13-7(4-14(6)10)8-3-11-5-17-8/h2-5H,1H2,(H,12,13)(H,15,16). The smallest absolute Gasteiger partial charge is 0.309 e. The van der Waals surface area contributed by atoms with Crippen molar-refractivity contribution in [3.8, 4) is 10.6 Å². The number of carboxylic acid groups (broad SMARTS) is 1. The fourth-order valence-corrected chi connectivity index (χ4v) is 2.26. The Bertz CT molecular complexity index is 668. The van der Waals surface area contributed by atoms with Crippen LogP contribution in [0.1, 0.15) is 5.69 Å². The second kappa shape index (κ2) is 3.70. The van der Waals surface area contributed by atoms with Gasteiger partial charge in [0.2, 0.25) is 5.78 Å². The first kappa shape index (κ1) is 10.0. The maximum atomic E-state index is 10.7. The maximum Gasteiger partial charge on any atom is 0.309 e. The van der Waals surface area contributed by atoms with E-state index in [-0.39, 0.29) is 6.42 Å². The van der Waals surface area contributed by atoms with Gasteiger partial charge >= 0.3 is 5.97 Å². The molecule has 7 heteroatoms. The van der Waals surface area contributed by atoms with Gasteiger partial charge in [0, 0.05) is 12.4 Å². The van der Waals surface area contributed by atoms with Crippen molar-refractivity contribution in [1.82, 2.24) is 19.4 Å². The summed E-state index contributed by atoms with van der Waals surface area (Å²) in [6, 6.07) is 0. The van der Waals surface area contributed by atoms with Crippen molar-refractivity contribution in [2.45, 2.75) is 6.42 Å². The number of hydrogen-bond donors (Lipinski definition) is 2. The Morgan fingerprint density at radius 1 is 1.53 bits per heavy atom. The summed E-state index contributed by atoms with van der Waals surface area (Å²) >= 11 is 1.51. The third-order valence-electron chi connectivity index (χ3n) is 2.41. The number of hydrogen-bond acceptors (Lipinski definition) is 4. The van der Waals surface area contributed by atoms with Crippen LogP contribution in [-0.4, -0.2) is 30.4 Å². The molecule has 3 heterocycles. The average molecular weight is 248 g/mol. The van der Waals surface area contributed by atoms with Gasteiger partial charge in [0.25, 0.3) is 0 Å². The van der Waals surface area contributed by atoms with Crippen LogP contribution in [-0.2, 0) is 11.2 Å². The highest BCUT2D eigenvalue weighted by Crippen LogP contribution is 2.23. The summed E-state index contributed by atoms with van der Waals surface area (Å²) in [4.78, 5) is 22.9. The second-order valence-corrected chi connectivity index (χ2v) is 4.43. The van der Waals surface area contributed by atoms with Gasteiger partial charge in [-0.1, -0.05) is 0 Å². The number of carbonyl (C=O) groups is 1. The fourth-order valence-electron chi connectivity index (χ4n) is 1.67. The van der Waals surface area contributed by atoms with Crippen LogP contribution in [0.2, 0.25) is 0 Å². The second-order valence-electron chi connectivity index (χ2n) is 3.55. The fraction of sp³-hybridized carbons (Fsp3) is 0.100. The highest BCUT2D eigenvalue weighted by Gasteiger charge is 2.11. The first-order valence-electron chi connectivity index (χ1n) is 4.89. The van der Waals surface area contributed by atoms with Crippen LogP contribution in [0.3, 0.4) is 0 Å². The van der Waals surface area contributed by atoms with Crippen LogP contribution in [0.15, 0.2) is 24.1 Å². The molecule has 17 heavy (non-hydrogen) atoms. The van der Waals surface area contributed by atoms with Crippen molar-refractivity contribution in [3.05, 3.63) is 29.8 Å². The van der Waals surface area contributed by atoms with Crippen molar-refractivity contribution < 1.29 is 9.90 Å². The summed E-state index contributed by atoms with van der Waals surface area (Å²) in [5.74, 6) is -0.225. The monoisotopic (exact) mass is 248 g/mol. The van der Waals surface area contributed by atoms with Crippen LogP contribution < -0.4 is 0 Å². The van der Waals surface area contributed by atoms with Crippen LogP contribution in [0.25, 0.3) is 16.3 Å². The molecular formula is C10H8N4O2S.